The van der Waals surface area contributed by atoms with E-state index in [0.29, 0.717) is 25.9 Å². The Morgan fingerprint density at radius 2 is 1.62 bits per heavy atom. The van der Waals surface area contributed by atoms with Gasteiger partial charge in [0, 0.05) is 25.3 Å². The van der Waals surface area contributed by atoms with E-state index < -0.39 is 35.1 Å². The fourth-order valence-electron chi connectivity index (χ4n) is 8.85. The van der Waals surface area contributed by atoms with Crippen molar-refractivity contribution < 1.29 is 24.2 Å². The molecule has 1 N–H and O–H groups in total. The van der Waals surface area contributed by atoms with Gasteiger partial charge in [0.05, 0.1) is 30.1 Å². The maximum absolute atomic E-state index is 15.3. The van der Waals surface area contributed by atoms with Crippen LogP contribution in [0.4, 0.5) is 5.69 Å². The van der Waals surface area contributed by atoms with Crippen molar-refractivity contribution in [2.24, 2.45) is 17.8 Å². The van der Waals surface area contributed by atoms with Crippen LogP contribution in [0.1, 0.15) is 42.5 Å². The molecule has 7 atom stereocenters. The Labute approximate surface area is 296 Å². The lowest BCUT2D eigenvalue weighted by Crippen LogP contribution is -2.59. The molecule has 3 amide bonds. The van der Waals surface area contributed by atoms with Crippen molar-refractivity contribution in [3.63, 3.8) is 0 Å². The highest BCUT2D eigenvalue weighted by atomic mass is 16.5. The van der Waals surface area contributed by atoms with Gasteiger partial charge in [-0.15, -0.1) is 13.2 Å². The number of ether oxygens (including phenoxy) is 1. The quantitative estimate of drug-likeness (QED) is 0.237. The standard InChI is InChI=1S/C42H49N3O5/c1-7-21-43(26-32-17-13-10-14-18-32)38(47)35-36-39(48)45(33(27-46)24-31-15-11-9-12-16-31)37(42(36)25-30(5)41(35,6)50-42)40(49)44(22-8-2)34-23-28(3)19-20-29(34)4/h7-20,23,30,33,35-37,46H,1-2,21-22,24-27H2,3-6H3/t30?,33-,35-,36+,37?,41+,42?/m1/s1. The topological polar surface area (TPSA) is 90.4 Å². The fraction of sp³-hybridized carbons (Fsp3) is 0.405. The number of rotatable bonds is 13. The summed E-state index contributed by atoms with van der Waals surface area (Å²) in [5.41, 5.74) is 2.24. The molecule has 3 unspecified atom stereocenters. The molecule has 3 saturated heterocycles. The number of aliphatic hydroxyl groups excluding tert-OH is 1. The summed E-state index contributed by atoms with van der Waals surface area (Å²) in [4.78, 5) is 50.4. The number of nitrogens with zero attached hydrogens (tertiary/aromatic N) is 3. The van der Waals surface area contributed by atoms with E-state index in [-0.39, 0.29) is 36.8 Å². The van der Waals surface area contributed by atoms with Crippen LogP contribution in [0.2, 0.25) is 0 Å². The number of amides is 3. The Bertz CT molecular complexity index is 1760. The maximum Gasteiger partial charge on any atom is 0.253 e. The van der Waals surface area contributed by atoms with Crippen molar-refractivity contribution in [2.45, 2.75) is 70.4 Å². The Balaban J connectivity index is 1.49. The first kappa shape index (κ1) is 35.3. The molecule has 3 aromatic rings. The summed E-state index contributed by atoms with van der Waals surface area (Å²) in [5, 5.41) is 11.0. The number of likely N-dealkylation sites (tertiary alicyclic amines) is 1. The molecule has 0 aliphatic carbocycles. The van der Waals surface area contributed by atoms with Gasteiger partial charge < -0.3 is 24.5 Å². The van der Waals surface area contributed by atoms with Crippen molar-refractivity contribution in [3.8, 4) is 0 Å². The molecule has 3 heterocycles. The van der Waals surface area contributed by atoms with Crippen LogP contribution in [-0.4, -0.2) is 75.6 Å². The number of benzene rings is 3. The number of carbonyl (C=O) groups excluding carboxylic acids is 3. The number of hydrogen-bond acceptors (Lipinski definition) is 5. The average Bonchev–Trinajstić information content (AvgIpc) is 3.63. The number of carbonyl (C=O) groups is 3. The minimum Gasteiger partial charge on any atom is -0.394 e. The second kappa shape index (κ2) is 14.0. The summed E-state index contributed by atoms with van der Waals surface area (Å²) in [5.74, 6) is -2.72. The van der Waals surface area contributed by atoms with Crippen molar-refractivity contribution in [1.82, 2.24) is 9.80 Å². The van der Waals surface area contributed by atoms with Crippen LogP contribution in [0.5, 0.6) is 0 Å². The molecule has 6 rings (SSSR count). The van der Waals surface area contributed by atoms with Crippen LogP contribution in [0.25, 0.3) is 0 Å². The van der Waals surface area contributed by atoms with Gasteiger partial charge in [-0.3, -0.25) is 14.4 Å². The van der Waals surface area contributed by atoms with Crippen LogP contribution < -0.4 is 4.90 Å². The van der Waals surface area contributed by atoms with Gasteiger partial charge in [0.25, 0.3) is 5.91 Å². The van der Waals surface area contributed by atoms with Gasteiger partial charge in [0.2, 0.25) is 11.8 Å². The highest BCUT2D eigenvalue weighted by Gasteiger charge is 2.80. The van der Waals surface area contributed by atoms with Crippen molar-refractivity contribution >= 4 is 23.4 Å². The molecule has 1 spiro atoms. The van der Waals surface area contributed by atoms with E-state index in [9.17, 15) is 9.90 Å². The minimum atomic E-state index is -1.28. The van der Waals surface area contributed by atoms with E-state index in [1.54, 1.807) is 26.9 Å². The largest absolute Gasteiger partial charge is 0.394 e. The SMILES string of the molecule is C=CCN(Cc1ccccc1)C(=O)[C@H]1[C@H]2C(=O)N([C@@H](CO)Cc3ccccc3)C(C(=O)N(CC=C)c3cc(C)ccc3C)C23CC(C)[C@]1(C)O3. The van der Waals surface area contributed by atoms with Crippen molar-refractivity contribution in [3.05, 3.63) is 126 Å². The molecule has 2 bridgehead atoms. The zero-order valence-electron chi connectivity index (χ0n) is 29.6. The highest BCUT2D eigenvalue weighted by molar-refractivity contribution is 6.05. The molecule has 8 heteroatoms. The van der Waals surface area contributed by atoms with Gasteiger partial charge in [-0.25, -0.2) is 0 Å². The summed E-state index contributed by atoms with van der Waals surface area (Å²) in [7, 11) is 0. The lowest BCUT2D eigenvalue weighted by Gasteiger charge is -2.40. The zero-order valence-corrected chi connectivity index (χ0v) is 29.6. The molecule has 3 aliphatic rings. The fourth-order valence-corrected chi connectivity index (χ4v) is 8.85. The average molecular weight is 676 g/mol. The number of aryl methyl sites for hydroxylation is 2. The summed E-state index contributed by atoms with van der Waals surface area (Å²) in [6, 6.07) is 23.6. The molecular formula is C42H49N3O5. The molecule has 0 aromatic heterocycles. The van der Waals surface area contributed by atoms with Gasteiger partial charge >= 0.3 is 0 Å². The normalized spacial score (nSPS) is 27.1. The Kier molecular flexibility index (Phi) is 9.89. The zero-order chi connectivity index (χ0) is 35.8. The van der Waals surface area contributed by atoms with Gasteiger partial charge in [0.15, 0.2) is 0 Å². The Morgan fingerprint density at radius 3 is 2.24 bits per heavy atom. The summed E-state index contributed by atoms with van der Waals surface area (Å²) >= 11 is 0. The summed E-state index contributed by atoms with van der Waals surface area (Å²) < 4.78 is 7.10. The predicted octanol–water partition coefficient (Wildman–Crippen LogP) is 5.65. The number of fused-ring (bicyclic) bond motifs is 1. The molecular weight excluding hydrogens is 626 g/mol. The van der Waals surface area contributed by atoms with E-state index in [0.717, 1.165) is 27.9 Å². The van der Waals surface area contributed by atoms with Gasteiger partial charge in [-0.2, -0.15) is 0 Å². The van der Waals surface area contributed by atoms with E-state index in [1.165, 1.54) is 0 Å². The smallest absolute Gasteiger partial charge is 0.253 e. The molecule has 0 saturated carbocycles. The molecule has 3 fully saturated rings. The van der Waals surface area contributed by atoms with Crippen LogP contribution in [-0.2, 0) is 32.1 Å². The van der Waals surface area contributed by atoms with E-state index in [4.69, 9.17) is 4.74 Å². The molecule has 262 valence electrons. The van der Waals surface area contributed by atoms with Crippen LogP contribution in [0, 0.1) is 31.6 Å². The second-order valence-electron chi connectivity index (χ2n) is 14.5. The summed E-state index contributed by atoms with van der Waals surface area (Å²) in [6.45, 7) is 16.3. The second-order valence-corrected chi connectivity index (χ2v) is 14.5. The lowest BCUT2D eigenvalue weighted by molar-refractivity contribution is -0.154. The lowest BCUT2D eigenvalue weighted by atomic mass is 9.62. The number of hydrogen-bond donors (Lipinski definition) is 1. The molecule has 0 radical (unpaired) electrons. The first-order valence-corrected chi connectivity index (χ1v) is 17.6. The van der Waals surface area contributed by atoms with Gasteiger partial charge in [0.1, 0.15) is 11.6 Å². The molecule has 3 aromatic carbocycles. The highest BCUT2D eigenvalue weighted by Crippen LogP contribution is 2.66. The van der Waals surface area contributed by atoms with Crippen molar-refractivity contribution in [1.29, 1.82) is 0 Å². The molecule has 8 nitrogen and oxygen atoms in total. The van der Waals surface area contributed by atoms with E-state index in [1.807, 2.05) is 99.6 Å². The van der Waals surface area contributed by atoms with Gasteiger partial charge in [-0.1, -0.05) is 91.9 Å². The monoisotopic (exact) mass is 675 g/mol. The van der Waals surface area contributed by atoms with E-state index in [2.05, 4.69) is 20.1 Å². The third-order valence-electron chi connectivity index (χ3n) is 11.3. The third-order valence-corrected chi connectivity index (χ3v) is 11.3. The Morgan fingerprint density at radius 1 is 0.980 bits per heavy atom. The van der Waals surface area contributed by atoms with Crippen molar-refractivity contribution in [2.75, 3.05) is 24.6 Å². The molecule has 3 aliphatic heterocycles. The molecule has 50 heavy (non-hydrogen) atoms. The van der Waals surface area contributed by atoms with Crippen LogP contribution in [0.3, 0.4) is 0 Å². The summed E-state index contributed by atoms with van der Waals surface area (Å²) in [6.07, 6.45) is 4.14. The first-order valence-electron chi connectivity index (χ1n) is 17.6. The van der Waals surface area contributed by atoms with E-state index >= 15 is 9.59 Å². The van der Waals surface area contributed by atoms with Gasteiger partial charge in [-0.05, 0) is 67.9 Å². The minimum absolute atomic E-state index is 0.131. The maximum atomic E-state index is 15.3. The third kappa shape index (κ3) is 5.88. The Hall–Kier alpha value is -4.53. The van der Waals surface area contributed by atoms with Crippen LogP contribution >= 0.6 is 0 Å². The number of anilines is 1. The predicted molar refractivity (Wildman–Crippen MR) is 195 cm³/mol. The first-order chi connectivity index (χ1) is 24.0. The van der Waals surface area contributed by atoms with Crippen LogP contribution in [0.15, 0.2) is 104 Å². The number of aliphatic hydroxyl groups is 1.